The van der Waals surface area contributed by atoms with Gasteiger partial charge in [0.2, 0.25) is 0 Å². The Morgan fingerprint density at radius 1 is 1.30 bits per heavy atom. The van der Waals surface area contributed by atoms with E-state index < -0.39 is 5.82 Å². The Kier molecular flexibility index (Phi) is 3.44. The van der Waals surface area contributed by atoms with Crippen LogP contribution < -0.4 is 5.43 Å². The third-order valence-electron chi connectivity index (χ3n) is 3.74. The number of rotatable bonds is 2. The van der Waals surface area contributed by atoms with E-state index in [1.165, 1.54) is 12.5 Å². The van der Waals surface area contributed by atoms with Crippen molar-refractivity contribution >= 4 is 16.9 Å². The number of hydrogen-bond acceptors (Lipinski definition) is 3. The molecule has 0 unspecified atom stereocenters. The molecule has 1 fully saturated rings. The maximum atomic E-state index is 13.7. The first-order valence-corrected chi connectivity index (χ1v) is 6.90. The summed E-state index contributed by atoms with van der Waals surface area (Å²) in [5.74, 6) is -0.557. The molecule has 1 N–H and O–H groups in total. The van der Waals surface area contributed by atoms with Crippen LogP contribution in [-0.4, -0.2) is 24.0 Å². The number of halogens is 1. The largest absolute Gasteiger partial charge is 0.447 e. The fourth-order valence-corrected chi connectivity index (χ4v) is 2.63. The number of hydrogen-bond donors (Lipinski definition) is 1. The van der Waals surface area contributed by atoms with Crippen LogP contribution in [0.15, 0.2) is 22.6 Å². The Morgan fingerprint density at radius 2 is 2.05 bits per heavy atom. The minimum absolute atomic E-state index is 0.147. The third-order valence-corrected chi connectivity index (χ3v) is 3.74. The van der Waals surface area contributed by atoms with E-state index in [0.717, 1.165) is 25.9 Å². The molecule has 1 amide bonds. The molecule has 1 saturated heterocycles. The topological polar surface area (TPSA) is 45.5 Å². The van der Waals surface area contributed by atoms with Gasteiger partial charge < -0.3 is 4.42 Å². The molecule has 1 aromatic carbocycles. The normalized spacial score (nSPS) is 16.5. The summed E-state index contributed by atoms with van der Waals surface area (Å²) in [4.78, 5) is 12.2. The molecule has 3 rings (SSSR count). The molecule has 1 aliphatic heterocycles. The van der Waals surface area contributed by atoms with E-state index in [2.05, 4.69) is 5.43 Å². The molecule has 0 saturated carbocycles. The summed E-state index contributed by atoms with van der Waals surface area (Å²) in [7, 11) is 0. The maximum Gasteiger partial charge on any atom is 0.301 e. The number of carbonyl (C=O) groups is 1. The standard InChI is InChI=1S/C15H17FN2O2/c1-10-11-6-5-7-12(16)14(11)20-13(10)15(19)17-18-8-3-2-4-9-18/h5-7H,2-4,8-9H2,1H3,(H,17,19). The summed E-state index contributed by atoms with van der Waals surface area (Å²) in [5.41, 5.74) is 3.66. The number of hydrazine groups is 1. The highest BCUT2D eigenvalue weighted by molar-refractivity contribution is 5.98. The number of nitrogens with zero attached hydrogens (tertiary/aromatic N) is 1. The van der Waals surface area contributed by atoms with Gasteiger partial charge in [0, 0.05) is 24.0 Å². The van der Waals surface area contributed by atoms with Gasteiger partial charge in [-0.15, -0.1) is 0 Å². The second-order valence-electron chi connectivity index (χ2n) is 5.16. The Balaban J connectivity index is 1.87. The number of piperidine rings is 1. The average molecular weight is 276 g/mol. The van der Waals surface area contributed by atoms with Crippen LogP contribution in [0.4, 0.5) is 4.39 Å². The van der Waals surface area contributed by atoms with Crippen LogP contribution in [0, 0.1) is 12.7 Å². The van der Waals surface area contributed by atoms with E-state index >= 15 is 0 Å². The van der Waals surface area contributed by atoms with Crippen molar-refractivity contribution in [3.05, 3.63) is 35.3 Å². The monoisotopic (exact) mass is 276 g/mol. The minimum atomic E-state index is -0.442. The lowest BCUT2D eigenvalue weighted by Crippen LogP contribution is -2.45. The van der Waals surface area contributed by atoms with Gasteiger partial charge in [0.25, 0.3) is 0 Å². The van der Waals surface area contributed by atoms with Crippen molar-refractivity contribution in [2.45, 2.75) is 26.2 Å². The van der Waals surface area contributed by atoms with Crippen LogP contribution in [0.1, 0.15) is 35.4 Å². The second-order valence-corrected chi connectivity index (χ2v) is 5.16. The van der Waals surface area contributed by atoms with E-state index in [1.54, 1.807) is 19.1 Å². The summed E-state index contributed by atoms with van der Waals surface area (Å²) in [6.07, 6.45) is 3.35. The zero-order valence-electron chi connectivity index (χ0n) is 11.4. The molecule has 2 heterocycles. The van der Waals surface area contributed by atoms with Crippen LogP contribution in [0.5, 0.6) is 0 Å². The van der Waals surface area contributed by atoms with Crippen molar-refractivity contribution in [2.24, 2.45) is 0 Å². The number of amides is 1. The van der Waals surface area contributed by atoms with Gasteiger partial charge in [-0.2, -0.15) is 0 Å². The Bertz CT molecular complexity index is 645. The van der Waals surface area contributed by atoms with Crippen LogP contribution in [0.3, 0.4) is 0 Å². The number of fused-ring (bicyclic) bond motifs is 1. The molecule has 0 bridgehead atoms. The molecule has 5 heteroatoms. The van der Waals surface area contributed by atoms with E-state index in [0.29, 0.717) is 10.9 Å². The molecule has 1 aromatic heterocycles. The molecule has 4 nitrogen and oxygen atoms in total. The van der Waals surface area contributed by atoms with Crippen molar-refractivity contribution in [3.63, 3.8) is 0 Å². The number of carbonyl (C=O) groups excluding carboxylic acids is 1. The first-order valence-electron chi connectivity index (χ1n) is 6.90. The van der Waals surface area contributed by atoms with Crippen LogP contribution in [-0.2, 0) is 0 Å². The van der Waals surface area contributed by atoms with Crippen LogP contribution >= 0.6 is 0 Å². The van der Waals surface area contributed by atoms with E-state index in [1.807, 2.05) is 5.01 Å². The van der Waals surface area contributed by atoms with Gasteiger partial charge in [0.05, 0.1) is 0 Å². The van der Waals surface area contributed by atoms with Crippen molar-refractivity contribution in [2.75, 3.05) is 13.1 Å². The van der Waals surface area contributed by atoms with E-state index in [-0.39, 0.29) is 17.3 Å². The van der Waals surface area contributed by atoms with E-state index in [4.69, 9.17) is 4.42 Å². The lowest BCUT2D eigenvalue weighted by atomic mass is 10.1. The molecular weight excluding hydrogens is 259 g/mol. The molecule has 106 valence electrons. The van der Waals surface area contributed by atoms with E-state index in [9.17, 15) is 9.18 Å². The fourth-order valence-electron chi connectivity index (χ4n) is 2.63. The number of nitrogens with one attached hydrogen (secondary N) is 1. The van der Waals surface area contributed by atoms with Gasteiger partial charge in [-0.05, 0) is 25.8 Å². The molecule has 0 radical (unpaired) electrons. The highest BCUT2D eigenvalue weighted by atomic mass is 19.1. The molecule has 1 aliphatic rings. The van der Waals surface area contributed by atoms with Gasteiger partial charge in [-0.3, -0.25) is 10.2 Å². The number of aryl methyl sites for hydroxylation is 1. The summed E-state index contributed by atoms with van der Waals surface area (Å²) in [5, 5.41) is 2.54. The van der Waals surface area contributed by atoms with Crippen molar-refractivity contribution < 1.29 is 13.6 Å². The van der Waals surface area contributed by atoms with Gasteiger partial charge in [-0.1, -0.05) is 18.6 Å². The molecule has 20 heavy (non-hydrogen) atoms. The molecule has 0 spiro atoms. The fraction of sp³-hybridized carbons (Fsp3) is 0.400. The molecule has 2 aromatic rings. The molecule has 0 atom stereocenters. The zero-order chi connectivity index (χ0) is 14.1. The summed E-state index contributed by atoms with van der Waals surface area (Å²) < 4.78 is 19.1. The summed E-state index contributed by atoms with van der Waals surface area (Å²) in [6, 6.07) is 4.71. The number of benzene rings is 1. The van der Waals surface area contributed by atoms with Gasteiger partial charge in [-0.25, -0.2) is 9.40 Å². The minimum Gasteiger partial charge on any atom is -0.447 e. The predicted molar refractivity (Wildman–Crippen MR) is 73.8 cm³/mol. The quantitative estimate of drug-likeness (QED) is 0.917. The lowest BCUT2D eigenvalue weighted by molar-refractivity contribution is 0.0722. The van der Waals surface area contributed by atoms with Crippen molar-refractivity contribution in [1.29, 1.82) is 0 Å². The van der Waals surface area contributed by atoms with Crippen molar-refractivity contribution in [3.8, 4) is 0 Å². The highest BCUT2D eigenvalue weighted by Crippen LogP contribution is 2.27. The SMILES string of the molecule is Cc1c(C(=O)NN2CCCCC2)oc2c(F)cccc12. The Hall–Kier alpha value is -1.88. The predicted octanol–water partition coefficient (Wildman–Crippen LogP) is 3.01. The smallest absolute Gasteiger partial charge is 0.301 e. The lowest BCUT2D eigenvalue weighted by Gasteiger charge is -2.26. The first-order chi connectivity index (χ1) is 9.66. The second kappa shape index (κ2) is 5.25. The van der Waals surface area contributed by atoms with Gasteiger partial charge in [0.15, 0.2) is 17.2 Å². The Labute approximate surface area is 116 Å². The highest BCUT2D eigenvalue weighted by Gasteiger charge is 2.21. The van der Waals surface area contributed by atoms with Crippen LogP contribution in [0.2, 0.25) is 0 Å². The zero-order valence-corrected chi connectivity index (χ0v) is 11.4. The number of para-hydroxylation sites is 1. The Morgan fingerprint density at radius 3 is 2.75 bits per heavy atom. The van der Waals surface area contributed by atoms with Crippen molar-refractivity contribution in [1.82, 2.24) is 10.4 Å². The molecule has 0 aliphatic carbocycles. The molecular formula is C15H17FN2O2. The summed E-state index contributed by atoms with van der Waals surface area (Å²) in [6.45, 7) is 3.47. The third kappa shape index (κ3) is 2.29. The number of furan rings is 1. The van der Waals surface area contributed by atoms with Gasteiger partial charge >= 0.3 is 5.91 Å². The maximum absolute atomic E-state index is 13.7. The first kappa shape index (κ1) is 13.1. The average Bonchev–Trinajstić information content (AvgIpc) is 2.79. The van der Waals surface area contributed by atoms with Gasteiger partial charge in [0.1, 0.15) is 0 Å². The summed E-state index contributed by atoms with van der Waals surface area (Å²) >= 11 is 0. The van der Waals surface area contributed by atoms with Crippen LogP contribution in [0.25, 0.3) is 11.0 Å².